The molecule has 0 saturated heterocycles. The fourth-order valence-corrected chi connectivity index (χ4v) is 4.19. The number of methoxy groups -OCH3 is 3. The molecule has 3 aromatic rings. The second-order valence-electron chi connectivity index (χ2n) is 6.59. The third kappa shape index (κ3) is 6.05. The molecule has 174 valence electrons. The monoisotopic (exact) mass is 533 g/mol. The number of amides is 1. The molecule has 0 saturated carbocycles. The van der Waals surface area contributed by atoms with Gasteiger partial charge in [0.25, 0.3) is 5.91 Å². The Hall–Kier alpha value is -3.05. The Morgan fingerprint density at radius 2 is 1.82 bits per heavy atom. The summed E-state index contributed by atoms with van der Waals surface area (Å²) in [5.74, 6) is 2.45. The van der Waals surface area contributed by atoms with Crippen molar-refractivity contribution in [1.82, 2.24) is 20.2 Å². The van der Waals surface area contributed by atoms with Crippen LogP contribution in [0.5, 0.6) is 17.2 Å². The van der Waals surface area contributed by atoms with Gasteiger partial charge in [0.15, 0.2) is 22.5 Å². The number of hydrazone groups is 1. The number of aromatic nitrogens is 3. The Bertz CT molecular complexity index is 1150. The van der Waals surface area contributed by atoms with Gasteiger partial charge in [-0.05, 0) is 43.3 Å². The summed E-state index contributed by atoms with van der Waals surface area (Å²) in [4.78, 5) is 12.3. The van der Waals surface area contributed by atoms with Crippen LogP contribution in [0.3, 0.4) is 0 Å². The quantitative estimate of drug-likeness (QED) is 0.239. The van der Waals surface area contributed by atoms with E-state index in [4.69, 9.17) is 14.2 Å². The summed E-state index contributed by atoms with van der Waals surface area (Å²) in [5.41, 5.74) is 4.11. The predicted octanol–water partition coefficient (Wildman–Crippen LogP) is 4.00. The van der Waals surface area contributed by atoms with E-state index in [2.05, 4.69) is 36.7 Å². The van der Waals surface area contributed by atoms with Crippen LogP contribution in [0.1, 0.15) is 12.5 Å². The van der Waals surface area contributed by atoms with Gasteiger partial charge in [0.1, 0.15) is 5.75 Å². The van der Waals surface area contributed by atoms with Gasteiger partial charge in [-0.3, -0.25) is 4.79 Å². The van der Waals surface area contributed by atoms with Crippen molar-refractivity contribution in [3.05, 3.63) is 46.4 Å². The second kappa shape index (κ2) is 11.7. The standard InChI is InChI=1S/C22H24BrN5O4S/c1-5-28-21(14-6-8-18(31-3)19(11-14)32-4)26-27-22(28)33-13-20(29)25-24-12-15-10-16(23)7-9-17(15)30-2/h6-12H,5,13H2,1-4H3,(H,25,29). The predicted molar refractivity (Wildman–Crippen MR) is 131 cm³/mol. The third-order valence-corrected chi connectivity index (χ3v) is 6.05. The summed E-state index contributed by atoms with van der Waals surface area (Å²) in [5, 5.41) is 13.2. The first-order chi connectivity index (χ1) is 16.0. The molecule has 0 aliphatic heterocycles. The van der Waals surface area contributed by atoms with Crippen LogP contribution in [-0.4, -0.2) is 54.0 Å². The molecule has 1 amide bonds. The zero-order valence-electron chi connectivity index (χ0n) is 18.7. The maximum atomic E-state index is 12.3. The van der Waals surface area contributed by atoms with Crippen molar-refractivity contribution in [3.63, 3.8) is 0 Å². The summed E-state index contributed by atoms with van der Waals surface area (Å²) in [6, 6.07) is 11.1. The Kier molecular flexibility index (Phi) is 8.72. The molecule has 1 aromatic heterocycles. The summed E-state index contributed by atoms with van der Waals surface area (Å²) in [6.45, 7) is 2.63. The van der Waals surface area contributed by atoms with Gasteiger partial charge >= 0.3 is 0 Å². The van der Waals surface area contributed by atoms with Crippen molar-refractivity contribution in [2.45, 2.75) is 18.6 Å². The first kappa shape index (κ1) is 24.6. The van der Waals surface area contributed by atoms with Gasteiger partial charge in [-0.15, -0.1) is 10.2 Å². The lowest BCUT2D eigenvalue weighted by Gasteiger charge is -2.10. The van der Waals surface area contributed by atoms with Gasteiger partial charge in [-0.25, -0.2) is 5.43 Å². The number of nitrogens with one attached hydrogen (secondary N) is 1. The lowest BCUT2D eigenvalue weighted by atomic mass is 10.2. The molecule has 0 bridgehead atoms. The maximum Gasteiger partial charge on any atom is 0.250 e. The van der Waals surface area contributed by atoms with E-state index >= 15 is 0 Å². The number of carbonyl (C=O) groups excluding carboxylic acids is 1. The number of thioether (sulfide) groups is 1. The number of benzene rings is 2. The first-order valence-electron chi connectivity index (χ1n) is 9.94. The SMILES string of the molecule is CCn1c(SCC(=O)NN=Cc2cc(Br)ccc2OC)nnc1-c1ccc(OC)c(OC)c1. The normalized spacial score (nSPS) is 10.9. The third-order valence-electron chi connectivity index (χ3n) is 4.59. The van der Waals surface area contributed by atoms with Gasteiger partial charge in [-0.2, -0.15) is 5.10 Å². The number of hydrogen-bond donors (Lipinski definition) is 1. The summed E-state index contributed by atoms with van der Waals surface area (Å²) >= 11 is 4.69. The number of carbonyl (C=O) groups is 1. The minimum absolute atomic E-state index is 0.136. The second-order valence-corrected chi connectivity index (χ2v) is 8.45. The highest BCUT2D eigenvalue weighted by Gasteiger charge is 2.16. The Labute approximate surface area is 204 Å². The molecule has 0 unspecified atom stereocenters. The molecule has 0 aliphatic rings. The smallest absolute Gasteiger partial charge is 0.250 e. The fraction of sp³-hybridized carbons (Fsp3) is 0.273. The molecule has 1 N–H and O–H groups in total. The van der Waals surface area contributed by atoms with Crippen molar-refractivity contribution in [3.8, 4) is 28.6 Å². The van der Waals surface area contributed by atoms with E-state index in [9.17, 15) is 4.79 Å². The van der Waals surface area contributed by atoms with E-state index in [0.717, 1.165) is 15.6 Å². The van der Waals surface area contributed by atoms with Crippen molar-refractivity contribution in [2.24, 2.45) is 5.10 Å². The summed E-state index contributed by atoms with van der Waals surface area (Å²) < 4.78 is 18.8. The van der Waals surface area contributed by atoms with Crippen LogP contribution in [0.2, 0.25) is 0 Å². The lowest BCUT2D eigenvalue weighted by molar-refractivity contribution is -0.118. The van der Waals surface area contributed by atoms with Gasteiger partial charge in [0, 0.05) is 22.1 Å². The van der Waals surface area contributed by atoms with Gasteiger partial charge in [0.05, 0.1) is 33.3 Å². The number of rotatable bonds is 10. The fourth-order valence-electron chi connectivity index (χ4n) is 3.01. The van der Waals surface area contributed by atoms with Gasteiger partial charge in [-0.1, -0.05) is 27.7 Å². The molecule has 0 atom stereocenters. The minimum Gasteiger partial charge on any atom is -0.496 e. The van der Waals surface area contributed by atoms with Crippen LogP contribution < -0.4 is 19.6 Å². The van der Waals surface area contributed by atoms with Gasteiger partial charge in [0.2, 0.25) is 0 Å². The molecule has 11 heteroatoms. The highest BCUT2D eigenvalue weighted by molar-refractivity contribution is 9.10. The van der Waals surface area contributed by atoms with E-state index in [1.807, 2.05) is 47.9 Å². The van der Waals surface area contributed by atoms with Crippen LogP contribution in [-0.2, 0) is 11.3 Å². The van der Waals surface area contributed by atoms with E-state index in [0.29, 0.717) is 34.8 Å². The lowest BCUT2D eigenvalue weighted by Crippen LogP contribution is -2.20. The molecule has 3 rings (SSSR count). The van der Waals surface area contributed by atoms with Crippen LogP contribution in [0, 0.1) is 0 Å². The highest BCUT2D eigenvalue weighted by atomic mass is 79.9. The molecule has 1 heterocycles. The molecule has 0 aliphatic carbocycles. The van der Waals surface area contributed by atoms with Crippen LogP contribution in [0.4, 0.5) is 0 Å². The molecule has 0 radical (unpaired) electrons. The van der Waals surface area contributed by atoms with Crippen molar-refractivity contribution in [1.29, 1.82) is 0 Å². The van der Waals surface area contributed by atoms with E-state index in [1.165, 1.54) is 18.0 Å². The molecular weight excluding hydrogens is 510 g/mol. The van der Waals surface area contributed by atoms with Crippen molar-refractivity contribution in [2.75, 3.05) is 27.1 Å². The first-order valence-corrected chi connectivity index (χ1v) is 11.7. The Balaban J connectivity index is 1.66. The van der Waals surface area contributed by atoms with Crippen molar-refractivity contribution >= 4 is 39.8 Å². The van der Waals surface area contributed by atoms with Crippen molar-refractivity contribution < 1.29 is 19.0 Å². The summed E-state index contributed by atoms with van der Waals surface area (Å²) in [7, 11) is 4.75. The van der Waals surface area contributed by atoms with Crippen LogP contribution in [0.25, 0.3) is 11.4 Å². The number of halogens is 1. The van der Waals surface area contributed by atoms with Gasteiger partial charge < -0.3 is 18.8 Å². The largest absolute Gasteiger partial charge is 0.496 e. The average Bonchev–Trinajstić information content (AvgIpc) is 3.25. The zero-order valence-corrected chi connectivity index (χ0v) is 21.1. The maximum absolute atomic E-state index is 12.3. The number of nitrogens with zero attached hydrogens (tertiary/aromatic N) is 4. The topological polar surface area (TPSA) is 99.9 Å². The minimum atomic E-state index is -0.261. The number of hydrogen-bond acceptors (Lipinski definition) is 8. The molecule has 33 heavy (non-hydrogen) atoms. The number of ether oxygens (including phenoxy) is 3. The molecule has 0 spiro atoms. The Morgan fingerprint density at radius 3 is 2.52 bits per heavy atom. The molecular formula is C22H24BrN5O4S. The van der Waals surface area contributed by atoms with E-state index in [-0.39, 0.29) is 11.7 Å². The zero-order chi connectivity index (χ0) is 23.8. The summed E-state index contributed by atoms with van der Waals surface area (Å²) in [6.07, 6.45) is 1.54. The molecule has 2 aromatic carbocycles. The van der Waals surface area contributed by atoms with Crippen LogP contribution in [0.15, 0.2) is 51.1 Å². The molecule has 9 nitrogen and oxygen atoms in total. The molecule has 0 fully saturated rings. The Morgan fingerprint density at radius 1 is 1.09 bits per heavy atom. The van der Waals surface area contributed by atoms with E-state index in [1.54, 1.807) is 21.3 Å². The van der Waals surface area contributed by atoms with Crippen LogP contribution >= 0.6 is 27.7 Å². The average molecular weight is 534 g/mol. The highest BCUT2D eigenvalue weighted by Crippen LogP contribution is 2.32. The van der Waals surface area contributed by atoms with E-state index < -0.39 is 0 Å².